The molecule has 1 fully saturated rings. The highest BCUT2D eigenvalue weighted by atomic mass is 16.2. The molecule has 2 aromatic rings. The van der Waals surface area contributed by atoms with Gasteiger partial charge in [0.2, 0.25) is 5.91 Å². The lowest BCUT2D eigenvalue weighted by atomic mass is 10.0. The van der Waals surface area contributed by atoms with Crippen LogP contribution in [0.3, 0.4) is 0 Å². The van der Waals surface area contributed by atoms with Gasteiger partial charge in [0.25, 0.3) is 0 Å². The van der Waals surface area contributed by atoms with E-state index in [-0.39, 0.29) is 23.2 Å². The molecule has 3 nitrogen and oxygen atoms in total. The van der Waals surface area contributed by atoms with E-state index in [4.69, 9.17) is 0 Å². The number of nitrogens with one attached hydrogen (secondary N) is 1. The van der Waals surface area contributed by atoms with Crippen LogP contribution in [0.5, 0.6) is 0 Å². The summed E-state index contributed by atoms with van der Waals surface area (Å²) in [6, 6.07) is 14.0. The van der Waals surface area contributed by atoms with Crippen molar-refractivity contribution in [3.05, 3.63) is 59.9 Å². The number of hydrogen-bond donors (Lipinski definition) is 1. The lowest BCUT2D eigenvalue weighted by Gasteiger charge is -2.07. The van der Waals surface area contributed by atoms with Gasteiger partial charge in [-0.05, 0) is 30.0 Å². The second-order valence-corrected chi connectivity index (χ2v) is 6.31. The van der Waals surface area contributed by atoms with Crippen LogP contribution in [0.25, 0.3) is 0 Å². The molecule has 0 saturated heterocycles. The maximum absolute atomic E-state index is 12.6. The fourth-order valence-corrected chi connectivity index (χ4v) is 3.24. The zero-order valence-corrected chi connectivity index (χ0v) is 12.6. The third-order valence-electron chi connectivity index (χ3n) is 4.53. The van der Waals surface area contributed by atoms with Gasteiger partial charge in [0.1, 0.15) is 0 Å². The van der Waals surface area contributed by atoms with Gasteiger partial charge in [-0.3, -0.25) is 9.78 Å². The summed E-state index contributed by atoms with van der Waals surface area (Å²) in [4.78, 5) is 16.8. The van der Waals surface area contributed by atoms with Crippen LogP contribution in [0, 0.1) is 18.3 Å². The number of benzene rings is 1. The molecule has 21 heavy (non-hydrogen) atoms. The summed E-state index contributed by atoms with van der Waals surface area (Å²) in [5, 5.41) is 3.03. The molecular formula is C18H20N2O. The van der Waals surface area contributed by atoms with E-state index in [0.29, 0.717) is 0 Å². The Morgan fingerprint density at radius 1 is 1.14 bits per heavy atom. The van der Waals surface area contributed by atoms with Crippen molar-refractivity contribution in [3.8, 4) is 0 Å². The number of aryl methyl sites for hydroxylation is 1. The van der Waals surface area contributed by atoms with E-state index in [1.807, 2.05) is 37.3 Å². The Labute approximate surface area is 125 Å². The van der Waals surface area contributed by atoms with Crippen molar-refractivity contribution in [3.63, 3.8) is 0 Å². The maximum atomic E-state index is 12.6. The Morgan fingerprint density at radius 2 is 1.86 bits per heavy atom. The number of carbonyl (C=O) groups excluding carboxylic acids is 1. The third kappa shape index (κ3) is 2.44. The molecule has 1 heterocycles. The van der Waals surface area contributed by atoms with Crippen LogP contribution in [0.4, 0.5) is 5.69 Å². The van der Waals surface area contributed by atoms with E-state index in [1.54, 1.807) is 6.20 Å². The van der Waals surface area contributed by atoms with Gasteiger partial charge in [-0.25, -0.2) is 0 Å². The highest BCUT2D eigenvalue weighted by Crippen LogP contribution is 2.64. The number of amides is 1. The van der Waals surface area contributed by atoms with Gasteiger partial charge in [-0.1, -0.05) is 44.2 Å². The van der Waals surface area contributed by atoms with Gasteiger partial charge in [-0.15, -0.1) is 0 Å². The van der Waals surface area contributed by atoms with Gasteiger partial charge in [0.15, 0.2) is 0 Å². The Morgan fingerprint density at radius 3 is 2.52 bits per heavy atom. The molecule has 1 amide bonds. The molecule has 1 aliphatic carbocycles. The van der Waals surface area contributed by atoms with Gasteiger partial charge in [0, 0.05) is 12.1 Å². The first-order valence-electron chi connectivity index (χ1n) is 7.29. The molecule has 1 N–H and O–H groups in total. The first-order chi connectivity index (χ1) is 10.0. The van der Waals surface area contributed by atoms with Gasteiger partial charge < -0.3 is 5.32 Å². The minimum Gasteiger partial charge on any atom is -0.324 e. The minimum absolute atomic E-state index is 0.00154. The highest BCUT2D eigenvalue weighted by molar-refractivity contribution is 5.96. The zero-order valence-electron chi connectivity index (χ0n) is 12.6. The first kappa shape index (κ1) is 13.8. The normalized spacial score (nSPS) is 22.6. The molecule has 108 valence electrons. The lowest BCUT2D eigenvalue weighted by Crippen LogP contribution is -2.17. The minimum atomic E-state index is 0.00154. The molecule has 1 saturated carbocycles. The Balaban J connectivity index is 1.79. The van der Waals surface area contributed by atoms with Crippen molar-refractivity contribution < 1.29 is 4.79 Å². The predicted octanol–water partition coefficient (Wildman–Crippen LogP) is 3.77. The molecule has 3 heteroatoms. The number of pyridine rings is 1. The van der Waals surface area contributed by atoms with Crippen molar-refractivity contribution in [1.82, 2.24) is 4.98 Å². The van der Waals surface area contributed by atoms with E-state index >= 15 is 0 Å². The van der Waals surface area contributed by atoms with Crippen molar-refractivity contribution in [2.45, 2.75) is 26.7 Å². The van der Waals surface area contributed by atoms with E-state index in [2.05, 4.69) is 36.3 Å². The molecule has 0 unspecified atom stereocenters. The SMILES string of the molecule is Cc1ncccc1NC(=O)[C@@H]1[C@@H](c2ccccc2)C1(C)C. The highest BCUT2D eigenvalue weighted by Gasteiger charge is 2.62. The van der Waals surface area contributed by atoms with Crippen LogP contribution in [0.15, 0.2) is 48.7 Å². The molecule has 3 rings (SSSR count). The molecule has 0 radical (unpaired) electrons. The maximum Gasteiger partial charge on any atom is 0.228 e. The number of rotatable bonds is 3. The van der Waals surface area contributed by atoms with Crippen LogP contribution in [0.1, 0.15) is 31.0 Å². The smallest absolute Gasteiger partial charge is 0.228 e. The molecule has 0 aliphatic heterocycles. The topological polar surface area (TPSA) is 42.0 Å². The largest absolute Gasteiger partial charge is 0.324 e. The summed E-state index contributed by atoms with van der Waals surface area (Å²) in [5.74, 6) is 0.389. The molecule has 0 spiro atoms. The van der Waals surface area contributed by atoms with Gasteiger partial charge in [-0.2, -0.15) is 0 Å². The number of aromatic nitrogens is 1. The molecule has 1 aromatic heterocycles. The number of anilines is 1. The van der Waals surface area contributed by atoms with Gasteiger partial charge in [0.05, 0.1) is 17.3 Å². The van der Waals surface area contributed by atoms with Crippen LogP contribution in [0.2, 0.25) is 0 Å². The molecule has 0 bridgehead atoms. The summed E-state index contributed by atoms with van der Waals surface area (Å²) in [7, 11) is 0. The summed E-state index contributed by atoms with van der Waals surface area (Å²) < 4.78 is 0. The van der Waals surface area contributed by atoms with Crippen LogP contribution < -0.4 is 5.32 Å². The Kier molecular flexibility index (Phi) is 3.28. The van der Waals surface area contributed by atoms with Crippen molar-refractivity contribution in [1.29, 1.82) is 0 Å². The second kappa shape index (κ2) is 4.99. The fraction of sp³-hybridized carbons (Fsp3) is 0.333. The summed E-state index contributed by atoms with van der Waals surface area (Å²) in [6.07, 6.45) is 1.73. The Bertz CT molecular complexity index is 664. The standard InChI is InChI=1S/C18H20N2O/c1-12-14(10-7-11-19-12)20-17(21)16-15(18(16,2)3)13-8-5-4-6-9-13/h4-11,15-16H,1-3H3,(H,20,21)/t15-,16+/m1/s1. The monoisotopic (exact) mass is 280 g/mol. The van der Waals surface area contributed by atoms with Gasteiger partial charge >= 0.3 is 0 Å². The van der Waals surface area contributed by atoms with E-state index in [1.165, 1.54) is 5.56 Å². The van der Waals surface area contributed by atoms with Crippen LogP contribution in [-0.2, 0) is 4.79 Å². The summed E-state index contributed by atoms with van der Waals surface area (Å²) >= 11 is 0. The average Bonchev–Trinajstić information content (AvgIpc) is 3.05. The van der Waals surface area contributed by atoms with Crippen LogP contribution >= 0.6 is 0 Å². The molecule has 1 aromatic carbocycles. The third-order valence-corrected chi connectivity index (χ3v) is 4.53. The van der Waals surface area contributed by atoms with Crippen molar-refractivity contribution in [2.24, 2.45) is 11.3 Å². The molecular weight excluding hydrogens is 260 g/mol. The molecule has 2 atom stereocenters. The van der Waals surface area contributed by atoms with E-state index in [0.717, 1.165) is 11.4 Å². The second-order valence-electron chi connectivity index (χ2n) is 6.31. The van der Waals surface area contributed by atoms with Crippen LogP contribution in [-0.4, -0.2) is 10.9 Å². The lowest BCUT2D eigenvalue weighted by molar-refractivity contribution is -0.118. The van der Waals surface area contributed by atoms with E-state index < -0.39 is 0 Å². The summed E-state index contributed by atoms with van der Waals surface area (Å²) in [5.41, 5.74) is 2.89. The van der Waals surface area contributed by atoms with Crippen molar-refractivity contribution >= 4 is 11.6 Å². The van der Waals surface area contributed by atoms with Crippen molar-refractivity contribution in [2.75, 3.05) is 5.32 Å². The number of nitrogens with zero attached hydrogens (tertiary/aromatic N) is 1. The van der Waals surface area contributed by atoms with E-state index in [9.17, 15) is 4.79 Å². The number of hydrogen-bond acceptors (Lipinski definition) is 2. The fourth-order valence-electron chi connectivity index (χ4n) is 3.24. The Hall–Kier alpha value is -2.16. The zero-order chi connectivity index (χ0) is 15.0. The first-order valence-corrected chi connectivity index (χ1v) is 7.29. The number of carbonyl (C=O) groups is 1. The molecule has 1 aliphatic rings. The average molecular weight is 280 g/mol. The quantitative estimate of drug-likeness (QED) is 0.930. The predicted molar refractivity (Wildman–Crippen MR) is 84.1 cm³/mol. The summed E-state index contributed by atoms with van der Waals surface area (Å²) in [6.45, 7) is 6.22.